The molecule has 1 aliphatic heterocycles. The summed E-state index contributed by atoms with van der Waals surface area (Å²) in [6.45, 7) is 1.57. The van der Waals surface area contributed by atoms with Crippen LogP contribution in [0.2, 0.25) is 0 Å². The van der Waals surface area contributed by atoms with Crippen LogP contribution in [0.15, 0.2) is 83.9 Å². The lowest BCUT2D eigenvalue weighted by atomic mass is 10.0. The number of ether oxygens (including phenoxy) is 1. The van der Waals surface area contributed by atoms with Gasteiger partial charge in [-0.1, -0.05) is 60.7 Å². The van der Waals surface area contributed by atoms with E-state index >= 15 is 0 Å². The summed E-state index contributed by atoms with van der Waals surface area (Å²) in [6, 6.07) is 23.2. The standard InChI is InChI=1S/C28H28N4O4/c1-18(29-24(33)17-19-13-15-21(36-3)16-14-19)27(34)31-26-28(35)32(2)23-12-8-7-11-22(23)25(30-26)20-9-5-4-6-10-20/h4-16,18,26H,17H2,1-3H3,(H,29,33)(H,31,34)/t18-,26?/m0/s1. The highest BCUT2D eigenvalue weighted by Crippen LogP contribution is 2.27. The third-order valence-electron chi connectivity index (χ3n) is 5.96. The van der Waals surface area contributed by atoms with Crippen LogP contribution < -0.4 is 20.3 Å². The van der Waals surface area contributed by atoms with Crippen LogP contribution in [-0.2, 0) is 20.8 Å². The van der Waals surface area contributed by atoms with Gasteiger partial charge in [0.25, 0.3) is 5.91 Å². The molecule has 8 heteroatoms. The molecule has 0 saturated heterocycles. The predicted octanol–water partition coefficient (Wildman–Crippen LogP) is 2.70. The third-order valence-corrected chi connectivity index (χ3v) is 5.96. The zero-order valence-corrected chi connectivity index (χ0v) is 20.4. The summed E-state index contributed by atoms with van der Waals surface area (Å²) in [6.07, 6.45) is -1.04. The first-order valence-electron chi connectivity index (χ1n) is 11.6. The second-order valence-corrected chi connectivity index (χ2v) is 8.48. The highest BCUT2D eigenvalue weighted by Gasteiger charge is 2.32. The summed E-state index contributed by atoms with van der Waals surface area (Å²) in [5, 5.41) is 5.40. The first-order valence-corrected chi connectivity index (χ1v) is 11.6. The molecule has 0 radical (unpaired) electrons. The monoisotopic (exact) mass is 484 g/mol. The maximum absolute atomic E-state index is 13.3. The topological polar surface area (TPSA) is 100 Å². The van der Waals surface area contributed by atoms with Gasteiger partial charge in [0.15, 0.2) is 0 Å². The molecule has 4 rings (SSSR count). The van der Waals surface area contributed by atoms with Crippen LogP contribution in [0.5, 0.6) is 5.75 Å². The average molecular weight is 485 g/mol. The maximum Gasteiger partial charge on any atom is 0.272 e. The van der Waals surface area contributed by atoms with E-state index in [-0.39, 0.29) is 18.2 Å². The molecule has 0 fully saturated rings. The van der Waals surface area contributed by atoms with Crippen LogP contribution in [0.25, 0.3) is 0 Å². The van der Waals surface area contributed by atoms with Gasteiger partial charge in [0.05, 0.1) is 24.9 Å². The van der Waals surface area contributed by atoms with E-state index in [0.717, 1.165) is 16.7 Å². The van der Waals surface area contributed by atoms with Crippen LogP contribution >= 0.6 is 0 Å². The predicted molar refractivity (Wildman–Crippen MR) is 138 cm³/mol. The van der Waals surface area contributed by atoms with E-state index < -0.39 is 18.1 Å². The van der Waals surface area contributed by atoms with Crippen molar-refractivity contribution in [1.82, 2.24) is 10.6 Å². The van der Waals surface area contributed by atoms with Gasteiger partial charge in [-0.05, 0) is 30.7 Å². The van der Waals surface area contributed by atoms with E-state index in [0.29, 0.717) is 17.1 Å². The number of para-hydroxylation sites is 1. The van der Waals surface area contributed by atoms with Crippen molar-refractivity contribution in [3.63, 3.8) is 0 Å². The molecule has 0 spiro atoms. The summed E-state index contributed by atoms with van der Waals surface area (Å²) in [4.78, 5) is 44.9. The zero-order valence-electron chi connectivity index (χ0n) is 20.4. The molecule has 0 saturated carbocycles. The number of likely N-dealkylation sites (N-methyl/N-ethyl adjacent to an activating group) is 1. The van der Waals surface area contributed by atoms with E-state index in [1.807, 2.05) is 54.6 Å². The van der Waals surface area contributed by atoms with Gasteiger partial charge in [-0.15, -0.1) is 0 Å². The lowest BCUT2D eigenvalue weighted by molar-refractivity contribution is -0.130. The Kier molecular flexibility index (Phi) is 7.44. The molecule has 1 unspecified atom stereocenters. The Labute approximate surface area is 210 Å². The van der Waals surface area contributed by atoms with E-state index in [9.17, 15) is 14.4 Å². The van der Waals surface area contributed by atoms with Crippen molar-refractivity contribution >= 4 is 29.1 Å². The molecule has 3 amide bonds. The number of benzodiazepines with no additional fused rings is 1. The van der Waals surface area contributed by atoms with Gasteiger partial charge in [0, 0.05) is 18.2 Å². The van der Waals surface area contributed by atoms with Gasteiger partial charge in [-0.3, -0.25) is 14.4 Å². The zero-order chi connectivity index (χ0) is 25.7. The Morgan fingerprint density at radius 1 is 1.00 bits per heavy atom. The largest absolute Gasteiger partial charge is 0.497 e. The Morgan fingerprint density at radius 2 is 1.67 bits per heavy atom. The highest BCUT2D eigenvalue weighted by atomic mass is 16.5. The molecule has 2 atom stereocenters. The minimum Gasteiger partial charge on any atom is -0.497 e. The third kappa shape index (κ3) is 5.43. The van der Waals surface area contributed by atoms with Crippen LogP contribution in [0, 0.1) is 0 Å². The van der Waals surface area contributed by atoms with Crippen molar-refractivity contribution < 1.29 is 19.1 Å². The number of amides is 3. The second-order valence-electron chi connectivity index (χ2n) is 8.48. The molecular weight excluding hydrogens is 456 g/mol. The lowest BCUT2D eigenvalue weighted by Gasteiger charge is -2.22. The Morgan fingerprint density at radius 3 is 2.36 bits per heavy atom. The molecule has 1 heterocycles. The number of rotatable bonds is 7. The van der Waals surface area contributed by atoms with E-state index in [1.165, 1.54) is 4.90 Å². The highest BCUT2D eigenvalue weighted by molar-refractivity contribution is 6.20. The van der Waals surface area contributed by atoms with E-state index in [2.05, 4.69) is 15.6 Å². The van der Waals surface area contributed by atoms with Gasteiger partial charge < -0.3 is 20.3 Å². The molecule has 8 nitrogen and oxygen atoms in total. The van der Waals surface area contributed by atoms with Gasteiger partial charge >= 0.3 is 0 Å². The number of carbonyl (C=O) groups excluding carboxylic acids is 3. The van der Waals surface area contributed by atoms with Gasteiger partial charge in [0.1, 0.15) is 11.8 Å². The lowest BCUT2D eigenvalue weighted by Crippen LogP contribution is -2.52. The molecule has 3 aromatic carbocycles. The molecule has 184 valence electrons. The fourth-order valence-electron chi connectivity index (χ4n) is 3.99. The second kappa shape index (κ2) is 10.9. The maximum atomic E-state index is 13.3. The number of hydrogen-bond acceptors (Lipinski definition) is 5. The van der Waals surface area contributed by atoms with Crippen LogP contribution in [0.1, 0.15) is 23.6 Å². The average Bonchev–Trinajstić information content (AvgIpc) is 3.00. The first kappa shape index (κ1) is 24.7. The van der Waals surface area contributed by atoms with Crippen LogP contribution in [0.4, 0.5) is 5.69 Å². The number of nitrogens with zero attached hydrogens (tertiary/aromatic N) is 2. The number of fused-ring (bicyclic) bond motifs is 1. The smallest absolute Gasteiger partial charge is 0.272 e. The van der Waals surface area contributed by atoms with Gasteiger partial charge in [-0.25, -0.2) is 4.99 Å². The Bertz CT molecular complexity index is 1290. The summed E-state index contributed by atoms with van der Waals surface area (Å²) in [5.74, 6) is -0.499. The Balaban J connectivity index is 1.51. The van der Waals surface area contributed by atoms with Crippen LogP contribution in [0.3, 0.4) is 0 Å². The van der Waals surface area contributed by atoms with E-state index in [1.54, 1.807) is 45.3 Å². The molecular formula is C28H28N4O4. The molecule has 0 aromatic heterocycles. The summed E-state index contributed by atoms with van der Waals surface area (Å²) >= 11 is 0. The SMILES string of the molecule is COc1ccc(CC(=O)N[C@@H](C)C(=O)NC2N=C(c3ccccc3)c3ccccc3N(C)C2=O)cc1. The fourth-order valence-corrected chi connectivity index (χ4v) is 3.99. The molecule has 0 aliphatic carbocycles. The normalized spacial score (nSPS) is 15.8. The number of aliphatic imine (C=N–C) groups is 1. The van der Waals surface area contributed by atoms with Crippen LogP contribution in [-0.4, -0.2) is 49.8 Å². The number of nitrogens with one attached hydrogen (secondary N) is 2. The van der Waals surface area contributed by atoms with Crippen molar-refractivity contribution in [2.24, 2.45) is 4.99 Å². The minimum atomic E-state index is -1.15. The molecule has 2 N–H and O–H groups in total. The quantitative estimate of drug-likeness (QED) is 0.539. The van der Waals surface area contributed by atoms with E-state index in [4.69, 9.17) is 4.74 Å². The van der Waals surface area contributed by atoms with Gasteiger partial charge in [-0.2, -0.15) is 0 Å². The van der Waals surface area contributed by atoms with Crippen molar-refractivity contribution in [1.29, 1.82) is 0 Å². The number of benzene rings is 3. The van der Waals surface area contributed by atoms with Crippen molar-refractivity contribution in [3.05, 3.63) is 95.6 Å². The number of carbonyl (C=O) groups is 3. The molecule has 0 bridgehead atoms. The Hall–Kier alpha value is -4.46. The molecule has 1 aliphatic rings. The minimum absolute atomic E-state index is 0.109. The summed E-state index contributed by atoms with van der Waals surface area (Å²) in [7, 11) is 3.23. The van der Waals surface area contributed by atoms with Gasteiger partial charge in [0.2, 0.25) is 18.0 Å². The van der Waals surface area contributed by atoms with Crippen molar-refractivity contribution in [3.8, 4) is 5.75 Å². The first-order chi connectivity index (χ1) is 17.4. The van der Waals surface area contributed by atoms with Crippen molar-refractivity contribution in [2.45, 2.75) is 25.6 Å². The summed E-state index contributed by atoms with van der Waals surface area (Å²) < 4.78 is 5.13. The fraction of sp³-hybridized carbons (Fsp3) is 0.214. The molecule has 36 heavy (non-hydrogen) atoms. The number of anilines is 1. The molecule has 3 aromatic rings. The summed E-state index contributed by atoms with van der Waals surface area (Å²) in [5.41, 5.74) is 3.70. The number of hydrogen-bond donors (Lipinski definition) is 2. The number of methoxy groups -OCH3 is 1. The van der Waals surface area contributed by atoms with Crippen molar-refractivity contribution in [2.75, 3.05) is 19.1 Å².